The molecule has 0 radical (unpaired) electrons. The van der Waals surface area contributed by atoms with Crippen molar-refractivity contribution in [1.29, 1.82) is 5.26 Å². The number of carbonyl (C=O) groups is 2. The average molecular weight is 306 g/mol. The van der Waals surface area contributed by atoms with Crippen LogP contribution in [0.5, 0.6) is 5.88 Å². The number of nitrogens with zero attached hydrogens (tertiary/aromatic N) is 2. The number of methoxy groups -OCH3 is 1. The van der Waals surface area contributed by atoms with Crippen LogP contribution < -0.4 is 15.8 Å². The minimum atomic E-state index is -0.456. The van der Waals surface area contributed by atoms with Gasteiger partial charge in [-0.15, -0.1) is 0 Å². The van der Waals surface area contributed by atoms with E-state index in [1.54, 1.807) is 6.92 Å². The Morgan fingerprint density at radius 1 is 1.50 bits per heavy atom. The van der Waals surface area contributed by atoms with Crippen LogP contribution in [0.2, 0.25) is 0 Å². The molecule has 0 fully saturated rings. The fourth-order valence-corrected chi connectivity index (χ4v) is 1.64. The second-order valence-electron chi connectivity index (χ2n) is 4.26. The van der Waals surface area contributed by atoms with Gasteiger partial charge in [0, 0.05) is 13.0 Å². The normalized spacial score (nSPS) is 9.68. The molecule has 0 aromatic carbocycles. The third-order valence-electron chi connectivity index (χ3n) is 2.71. The zero-order valence-corrected chi connectivity index (χ0v) is 12.5. The Balaban J connectivity index is 2.73. The Bertz CT molecular complexity index is 595. The molecule has 0 atom stereocenters. The second kappa shape index (κ2) is 8.46. The lowest BCUT2D eigenvalue weighted by molar-refractivity contribution is -0.140. The molecule has 22 heavy (non-hydrogen) atoms. The SMILES string of the molecule is CCOc1nc(C(=O)NCCCC(=O)OC)cc(N)c1C#N. The van der Waals surface area contributed by atoms with E-state index in [-0.39, 0.29) is 35.2 Å². The number of pyridine rings is 1. The standard InChI is InChI=1S/C14H18N4O4/c1-3-22-14-9(8-15)10(16)7-11(18-14)13(20)17-6-4-5-12(19)21-2/h7H,3-6H2,1-2H3,(H2,16,18)(H,17,20). The van der Waals surface area contributed by atoms with Gasteiger partial charge in [-0.05, 0) is 19.4 Å². The molecule has 1 heterocycles. The lowest BCUT2D eigenvalue weighted by atomic mass is 10.2. The summed E-state index contributed by atoms with van der Waals surface area (Å²) >= 11 is 0. The summed E-state index contributed by atoms with van der Waals surface area (Å²) in [5.41, 5.74) is 6.01. The van der Waals surface area contributed by atoms with Crippen molar-refractivity contribution >= 4 is 17.6 Å². The highest BCUT2D eigenvalue weighted by atomic mass is 16.5. The van der Waals surface area contributed by atoms with Crippen LogP contribution in [-0.2, 0) is 9.53 Å². The van der Waals surface area contributed by atoms with Crippen LogP contribution in [0.1, 0.15) is 35.8 Å². The highest BCUT2D eigenvalue weighted by molar-refractivity contribution is 5.93. The average Bonchev–Trinajstić information content (AvgIpc) is 2.51. The van der Waals surface area contributed by atoms with Gasteiger partial charge in [0.05, 0.1) is 19.4 Å². The lowest BCUT2D eigenvalue weighted by Gasteiger charge is -2.10. The summed E-state index contributed by atoms with van der Waals surface area (Å²) in [6.07, 6.45) is 0.659. The molecule has 1 rings (SSSR count). The molecule has 1 aromatic rings. The summed E-state index contributed by atoms with van der Waals surface area (Å²) in [4.78, 5) is 26.9. The van der Waals surface area contributed by atoms with Crippen molar-refractivity contribution in [1.82, 2.24) is 10.3 Å². The number of ether oxygens (including phenoxy) is 2. The van der Waals surface area contributed by atoms with E-state index in [1.807, 2.05) is 6.07 Å². The van der Waals surface area contributed by atoms with Crippen LogP contribution >= 0.6 is 0 Å². The van der Waals surface area contributed by atoms with Gasteiger partial charge < -0.3 is 20.5 Å². The van der Waals surface area contributed by atoms with Gasteiger partial charge in [-0.3, -0.25) is 9.59 Å². The van der Waals surface area contributed by atoms with E-state index in [2.05, 4.69) is 15.0 Å². The number of aromatic nitrogens is 1. The summed E-state index contributed by atoms with van der Waals surface area (Å²) in [6, 6.07) is 3.21. The first-order chi connectivity index (χ1) is 10.5. The Hall–Kier alpha value is -2.82. The highest BCUT2D eigenvalue weighted by Crippen LogP contribution is 2.22. The van der Waals surface area contributed by atoms with Gasteiger partial charge >= 0.3 is 5.97 Å². The highest BCUT2D eigenvalue weighted by Gasteiger charge is 2.16. The van der Waals surface area contributed by atoms with Gasteiger partial charge in [0.15, 0.2) is 0 Å². The van der Waals surface area contributed by atoms with Gasteiger partial charge in [0.1, 0.15) is 17.3 Å². The minimum Gasteiger partial charge on any atom is -0.477 e. The van der Waals surface area contributed by atoms with Crippen molar-refractivity contribution in [3.8, 4) is 11.9 Å². The Kier molecular flexibility index (Phi) is 6.63. The topological polar surface area (TPSA) is 127 Å². The predicted octanol–water partition coefficient (Wildman–Crippen LogP) is 0.617. The summed E-state index contributed by atoms with van der Waals surface area (Å²) in [5, 5.41) is 11.6. The maximum Gasteiger partial charge on any atom is 0.305 e. The molecule has 0 aliphatic carbocycles. The van der Waals surface area contributed by atoms with Gasteiger partial charge in [-0.25, -0.2) is 4.98 Å². The monoisotopic (exact) mass is 306 g/mol. The van der Waals surface area contributed by atoms with Crippen LogP contribution in [0.15, 0.2) is 6.07 Å². The smallest absolute Gasteiger partial charge is 0.305 e. The van der Waals surface area contributed by atoms with Gasteiger partial charge in [0.2, 0.25) is 5.88 Å². The van der Waals surface area contributed by atoms with E-state index in [1.165, 1.54) is 13.2 Å². The van der Waals surface area contributed by atoms with Crippen LogP contribution in [0.25, 0.3) is 0 Å². The molecule has 3 N–H and O–H groups in total. The first kappa shape index (κ1) is 17.2. The number of hydrogen-bond acceptors (Lipinski definition) is 7. The van der Waals surface area contributed by atoms with E-state index in [4.69, 9.17) is 15.7 Å². The zero-order chi connectivity index (χ0) is 16.5. The number of hydrogen-bond donors (Lipinski definition) is 2. The molecule has 0 bridgehead atoms. The Labute approximate surface area is 128 Å². The van der Waals surface area contributed by atoms with Crippen molar-refractivity contribution in [2.24, 2.45) is 0 Å². The number of nitrogens with two attached hydrogens (primary N) is 1. The lowest BCUT2D eigenvalue weighted by Crippen LogP contribution is -2.26. The maximum absolute atomic E-state index is 12.0. The molecular weight excluding hydrogens is 288 g/mol. The predicted molar refractivity (Wildman–Crippen MR) is 78.1 cm³/mol. The number of rotatable bonds is 7. The van der Waals surface area contributed by atoms with Crippen molar-refractivity contribution < 1.29 is 19.1 Å². The summed E-state index contributed by atoms with van der Waals surface area (Å²) in [6.45, 7) is 2.32. The number of carbonyl (C=O) groups excluding carboxylic acids is 2. The van der Waals surface area contributed by atoms with Crippen molar-refractivity contribution in [3.63, 3.8) is 0 Å². The summed E-state index contributed by atoms with van der Waals surface area (Å²) < 4.78 is 9.71. The second-order valence-corrected chi connectivity index (χ2v) is 4.26. The number of amides is 1. The maximum atomic E-state index is 12.0. The zero-order valence-electron chi connectivity index (χ0n) is 12.5. The van der Waals surface area contributed by atoms with Crippen molar-refractivity contribution in [2.45, 2.75) is 19.8 Å². The molecule has 0 spiro atoms. The molecule has 8 nitrogen and oxygen atoms in total. The summed E-state index contributed by atoms with van der Waals surface area (Å²) in [5.74, 6) is -0.764. The molecule has 0 unspecified atom stereocenters. The molecule has 0 saturated carbocycles. The largest absolute Gasteiger partial charge is 0.477 e. The van der Waals surface area contributed by atoms with Crippen LogP contribution in [-0.4, -0.2) is 37.1 Å². The Morgan fingerprint density at radius 2 is 2.23 bits per heavy atom. The van der Waals surface area contributed by atoms with E-state index in [0.717, 1.165) is 0 Å². The quantitative estimate of drug-likeness (QED) is 0.558. The first-order valence-corrected chi connectivity index (χ1v) is 6.71. The van der Waals surface area contributed by atoms with Gasteiger partial charge in [-0.2, -0.15) is 5.26 Å². The summed E-state index contributed by atoms with van der Waals surface area (Å²) in [7, 11) is 1.31. The third-order valence-corrected chi connectivity index (χ3v) is 2.71. The number of nitrogen functional groups attached to an aromatic ring is 1. The number of anilines is 1. The number of esters is 1. The van der Waals surface area contributed by atoms with E-state index in [0.29, 0.717) is 19.6 Å². The Morgan fingerprint density at radius 3 is 2.82 bits per heavy atom. The van der Waals surface area contributed by atoms with Crippen LogP contribution in [0, 0.1) is 11.3 Å². The van der Waals surface area contributed by atoms with Gasteiger partial charge in [-0.1, -0.05) is 0 Å². The van der Waals surface area contributed by atoms with Crippen molar-refractivity contribution in [2.75, 3.05) is 26.0 Å². The fourth-order valence-electron chi connectivity index (χ4n) is 1.64. The number of nitrogens with one attached hydrogen (secondary N) is 1. The molecule has 0 aliphatic rings. The minimum absolute atomic E-state index is 0.0321. The molecular formula is C14H18N4O4. The van der Waals surface area contributed by atoms with E-state index < -0.39 is 5.91 Å². The first-order valence-electron chi connectivity index (χ1n) is 6.71. The fraction of sp³-hybridized carbons (Fsp3) is 0.429. The third kappa shape index (κ3) is 4.63. The molecule has 0 aliphatic heterocycles. The number of nitriles is 1. The molecule has 1 aromatic heterocycles. The molecule has 8 heteroatoms. The van der Waals surface area contributed by atoms with E-state index >= 15 is 0 Å². The molecule has 0 saturated heterocycles. The van der Waals surface area contributed by atoms with Crippen LogP contribution in [0.3, 0.4) is 0 Å². The van der Waals surface area contributed by atoms with Crippen LogP contribution in [0.4, 0.5) is 5.69 Å². The van der Waals surface area contributed by atoms with Gasteiger partial charge in [0.25, 0.3) is 5.91 Å². The molecule has 118 valence electrons. The van der Waals surface area contributed by atoms with Crippen molar-refractivity contribution in [3.05, 3.63) is 17.3 Å². The van der Waals surface area contributed by atoms with E-state index in [9.17, 15) is 9.59 Å². The molecule has 1 amide bonds.